The van der Waals surface area contributed by atoms with Crippen molar-refractivity contribution in [2.24, 2.45) is 5.92 Å². The Kier molecular flexibility index (Phi) is 7.60. The summed E-state index contributed by atoms with van der Waals surface area (Å²) in [7, 11) is 3.98. The van der Waals surface area contributed by atoms with Crippen LogP contribution in [0.4, 0.5) is 0 Å². The van der Waals surface area contributed by atoms with Gasteiger partial charge in [0.05, 0.1) is 0 Å². The summed E-state index contributed by atoms with van der Waals surface area (Å²) < 4.78 is 5.35. The summed E-state index contributed by atoms with van der Waals surface area (Å²) >= 11 is 0. The summed E-state index contributed by atoms with van der Waals surface area (Å²) in [6.07, 6.45) is 9.36. The Labute approximate surface area is 171 Å². The molecular formula is C20H33N5O4. The molecule has 2 heterocycles. The minimum absolute atomic E-state index is 0.0406. The van der Waals surface area contributed by atoms with Crippen molar-refractivity contribution in [3.63, 3.8) is 0 Å². The third kappa shape index (κ3) is 5.76. The molecule has 9 heteroatoms. The van der Waals surface area contributed by atoms with Gasteiger partial charge in [0.1, 0.15) is 0 Å². The van der Waals surface area contributed by atoms with Crippen LogP contribution in [0, 0.1) is 5.92 Å². The summed E-state index contributed by atoms with van der Waals surface area (Å²) in [6, 6.07) is 0.353. The van der Waals surface area contributed by atoms with Crippen LogP contribution in [-0.4, -0.2) is 70.2 Å². The van der Waals surface area contributed by atoms with Gasteiger partial charge in [-0.3, -0.25) is 14.8 Å². The van der Waals surface area contributed by atoms with E-state index in [-0.39, 0.29) is 24.1 Å². The lowest BCUT2D eigenvalue weighted by molar-refractivity contribution is -0.129. The van der Waals surface area contributed by atoms with Gasteiger partial charge in [-0.05, 0) is 26.4 Å². The summed E-state index contributed by atoms with van der Waals surface area (Å²) in [5.41, 5.74) is 1.68. The number of hydrogen-bond acceptors (Lipinski definition) is 7. The van der Waals surface area contributed by atoms with Gasteiger partial charge in [0.25, 0.3) is 11.7 Å². The Morgan fingerprint density at radius 1 is 1.28 bits per heavy atom. The molecule has 3 rings (SSSR count). The minimum Gasteiger partial charge on any atom is -0.338 e. The normalized spacial score (nSPS) is 19.2. The van der Waals surface area contributed by atoms with E-state index in [0.29, 0.717) is 31.4 Å². The molecule has 1 saturated carbocycles. The molecule has 29 heavy (non-hydrogen) atoms. The van der Waals surface area contributed by atoms with E-state index in [1.807, 2.05) is 14.1 Å². The zero-order chi connectivity index (χ0) is 20.8. The van der Waals surface area contributed by atoms with E-state index < -0.39 is 5.91 Å². The van der Waals surface area contributed by atoms with Crippen LogP contribution in [0.15, 0.2) is 4.52 Å². The molecule has 1 aromatic rings. The molecule has 1 aromatic heterocycles. The number of carbonyl (C=O) groups excluding carboxylic acids is 2. The average Bonchev–Trinajstić information content (AvgIpc) is 3.16. The van der Waals surface area contributed by atoms with Crippen LogP contribution in [0.3, 0.4) is 0 Å². The van der Waals surface area contributed by atoms with Crippen molar-refractivity contribution >= 4 is 11.8 Å². The molecular weight excluding hydrogens is 374 g/mol. The topological polar surface area (TPSA) is 112 Å². The zero-order valence-electron chi connectivity index (χ0n) is 17.5. The molecule has 0 bridgehead atoms. The summed E-state index contributed by atoms with van der Waals surface area (Å²) in [5, 5.41) is 12.8. The molecule has 2 aliphatic rings. The van der Waals surface area contributed by atoms with E-state index >= 15 is 0 Å². The SMILES string of the molecule is CN(C)C1CN(C(=O)c2noc(C(CCCC3CCCCC3)CC(=O)NO)n2)C1. The van der Waals surface area contributed by atoms with E-state index in [4.69, 9.17) is 9.73 Å². The lowest BCUT2D eigenvalue weighted by atomic mass is 9.84. The van der Waals surface area contributed by atoms with Crippen molar-refractivity contribution < 1.29 is 19.3 Å². The quantitative estimate of drug-likeness (QED) is 0.477. The molecule has 1 atom stereocenters. The number of hydrogen-bond donors (Lipinski definition) is 2. The molecule has 0 spiro atoms. The van der Waals surface area contributed by atoms with Gasteiger partial charge in [-0.25, -0.2) is 5.48 Å². The first kappa shape index (κ1) is 21.7. The van der Waals surface area contributed by atoms with Crippen LogP contribution in [0.5, 0.6) is 0 Å². The molecule has 1 saturated heterocycles. The largest absolute Gasteiger partial charge is 0.338 e. The molecule has 9 nitrogen and oxygen atoms in total. The highest BCUT2D eigenvalue weighted by atomic mass is 16.5. The predicted molar refractivity (Wildman–Crippen MR) is 105 cm³/mol. The minimum atomic E-state index is -0.490. The van der Waals surface area contributed by atoms with Crippen molar-refractivity contribution in [1.82, 2.24) is 25.4 Å². The molecule has 0 radical (unpaired) electrons. The third-order valence-electron chi connectivity index (χ3n) is 6.31. The van der Waals surface area contributed by atoms with E-state index in [1.54, 1.807) is 10.4 Å². The molecule has 0 aromatic carbocycles. The number of likely N-dealkylation sites (N-methyl/N-ethyl adjacent to an activating group) is 1. The molecule has 1 aliphatic heterocycles. The molecule has 1 unspecified atom stereocenters. The fourth-order valence-corrected chi connectivity index (χ4v) is 4.29. The maximum atomic E-state index is 12.5. The van der Waals surface area contributed by atoms with Gasteiger partial charge in [0.15, 0.2) is 0 Å². The van der Waals surface area contributed by atoms with Crippen LogP contribution in [0.1, 0.15) is 80.2 Å². The number of amides is 2. The average molecular weight is 408 g/mol. The molecule has 162 valence electrons. The smallest absolute Gasteiger partial charge is 0.295 e. The fraction of sp³-hybridized carbons (Fsp3) is 0.800. The maximum Gasteiger partial charge on any atom is 0.295 e. The van der Waals surface area contributed by atoms with Crippen molar-refractivity contribution in [2.45, 2.75) is 69.7 Å². The van der Waals surface area contributed by atoms with E-state index in [2.05, 4.69) is 15.0 Å². The Bertz CT molecular complexity index is 680. The Balaban J connectivity index is 1.57. The predicted octanol–water partition coefficient (Wildman–Crippen LogP) is 2.19. The molecule has 2 fully saturated rings. The first-order valence-electron chi connectivity index (χ1n) is 10.7. The number of likely N-dealkylation sites (tertiary alicyclic amines) is 1. The van der Waals surface area contributed by atoms with Crippen LogP contribution >= 0.6 is 0 Å². The van der Waals surface area contributed by atoms with E-state index in [1.165, 1.54) is 32.1 Å². The van der Waals surface area contributed by atoms with Gasteiger partial charge in [-0.2, -0.15) is 4.98 Å². The van der Waals surface area contributed by atoms with Crippen LogP contribution in [-0.2, 0) is 4.79 Å². The number of nitrogens with zero attached hydrogens (tertiary/aromatic N) is 4. The number of rotatable bonds is 9. The van der Waals surface area contributed by atoms with Crippen LogP contribution < -0.4 is 5.48 Å². The third-order valence-corrected chi connectivity index (χ3v) is 6.31. The van der Waals surface area contributed by atoms with E-state index in [0.717, 1.165) is 18.8 Å². The van der Waals surface area contributed by atoms with Crippen molar-refractivity contribution in [3.05, 3.63) is 11.7 Å². The molecule has 2 amide bonds. The first-order chi connectivity index (χ1) is 14.0. The zero-order valence-corrected chi connectivity index (χ0v) is 17.5. The van der Waals surface area contributed by atoms with E-state index in [9.17, 15) is 9.59 Å². The molecule has 1 aliphatic carbocycles. The second kappa shape index (κ2) is 10.2. The lowest BCUT2D eigenvalue weighted by Gasteiger charge is -2.42. The van der Waals surface area contributed by atoms with Gasteiger partial charge >= 0.3 is 0 Å². The summed E-state index contributed by atoms with van der Waals surface area (Å²) in [4.78, 5) is 32.3. The van der Waals surface area contributed by atoms with Gasteiger partial charge in [0.2, 0.25) is 11.8 Å². The lowest BCUT2D eigenvalue weighted by Crippen LogP contribution is -2.59. The maximum absolute atomic E-state index is 12.5. The number of aromatic nitrogens is 2. The van der Waals surface area contributed by atoms with Gasteiger partial charge in [-0.1, -0.05) is 50.1 Å². The Morgan fingerprint density at radius 3 is 2.66 bits per heavy atom. The summed E-state index contributed by atoms with van der Waals surface area (Å²) in [6.45, 7) is 1.29. The van der Waals surface area contributed by atoms with Gasteiger partial charge in [-0.15, -0.1) is 0 Å². The number of carbonyl (C=O) groups is 2. The summed E-state index contributed by atoms with van der Waals surface area (Å²) in [5.74, 6) is 0.0582. The van der Waals surface area contributed by atoms with Gasteiger partial charge in [0, 0.05) is 31.5 Å². The highest BCUT2D eigenvalue weighted by molar-refractivity contribution is 5.91. The van der Waals surface area contributed by atoms with Crippen molar-refractivity contribution in [3.8, 4) is 0 Å². The molecule has 2 N–H and O–H groups in total. The van der Waals surface area contributed by atoms with Crippen LogP contribution in [0.2, 0.25) is 0 Å². The number of nitrogens with one attached hydrogen (secondary N) is 1. The monoisotopic (exact) mass is 407 g/mol. The van der Waals surface area contributed by atoms with Crippen molar-refractivity contribution in [2.75, 3.05) is 27.2 Å². The second-order valence-corrected chi connectivity index (χ2v) is 8.65. The highest BCUT2D eigenvalue weighted by Gasteiger charge is 2.35. The first-order valence-corrected chi connectivity index (χ1v) is 10.7. The number of hydroxylamine groups is 1. The second-order valence-electron chi connectivity index (χ2n) is 8.65. The fourth-order valence-electron chi connectivity index (χ4n) is 4.29. The van der Waals surface area contributed by atoms with Crippen LogP contribution in [0.25, 0.3) is 0 Å². The van der Waals surface area contributed by atoms with Gasteiger partial charge < -0.3 is 14.3 Å². The van der Waals surface area contributed by atoms with Crippen molar-refractivity contribution in [1.29, 1.82) is 0 Å². The Hall–Kier alpha value is -2.00. The standard InChI is InChI=1S/C20H33N5O4/c1-24(2)16-12-25(13-16)20(27)18-21-19(29-23-18)15(11-17(26)22-28)10-6-9-14-7-4-3-5-8-14/h14-16,28H,3-13H2,1-2H3,(H,22,26). The highest BCUT2D eigenvalue weighted by Crippen LogP contribution is 2.31. The Morgan fingerprint density at radius 2 is 2.00 bits per heavy atom.